The maximum atomic E-state index is 6.36. The molecule has 16 aromatic carbocycles. The van der Waals surface area contributed by atoms with Crippen LogP contribution in [0.25, 0.3) is 188 Å². The molecule has 0 fully saturated rings. The van der Waals surface area contributed by atoms with E-state index < -0.39 is 0 Å². The van der Waals surface area contributed by atoms with Crippen molar-refractivity contribution in [1.82, 2.24) is 18.3 Å². The van der Waals surface area contributed by atoms with Crippen molar-refractivity contribution < 1.29 is 4.42 Å². The summed E-state index contributed by atoms with van der Waals surface area (Å²) in [6.45, 7) is 0. The highest BCUT2D eigenvalue weighted by Gasteiger charge is 2.25. The van der Waals surface area contributed by atoms with Gasteiger partial charge in [0, 0.05) is 71.2 Å². The summed E-state index contributed by atoms with van der Waals surface area (Å²) >= 11 is 0. The third kappa shape index (κ3) is 9.11. The van der Waals surface area contributed by atoms with Gasteiger partial charge in [0.05, 0.1) is 49.5 Å². The summed E-state index contributed by atoms with van der Waals surface area (Å²) in [5.74, 6) is 0. The van der Waals surface area contributed by atoms with E-state index in [1.54, 1.807) is 0 Å². The van der Waals surface area contributed by atoms with Gasteiger partial charge in [0.25, 0.3) is 0 Å². The summed E-state index contributed by atoms with van der Waals surface area (Å²) in [5, 5.41) is 12.3. The standard InChI is InChI=1S/C49H32N2.C48H30N2O/c1-3-11-32(12-4-1)33-19-23-39(24-20-33)50-46-18-10-9-17-41(46)43-28-34(21-25-47(43)50)35-22-26-48-44(29-35)45-31-42-37(27-36-13-7-8-16-40(36)42)30-49(45)51(48)38-14-5-2-6-15-38;1-3-11-31(12-4-1)32-19-23-36(24-20-32)49-42-17-9-7-15-37(42)40-29-33(21-26-43(40)49)34-22-27-44-41(30-34)38-25-28-46-47(39-16-8-10-18-45(39)51-46)48(38)50(44)35-13-5-2-6-14-35/h1-26,28-31H,27H2;1-30H. The average Bonchev–Trinajstić information content (AvgIpc) is 1.57. The number of furan rings is 1. The number of fused-ring (bicyclic) bond motifs is 19. The molecule has 0 N–H and O–H groups in total. The molecule has 102 heavy (non-hydrogen) atoms. The molecular formula is C97H62N4O. The number of aromatic nitrogens is 4. The van der Waals surface area contributed by atoms with Gasteiger partial charge in [-0.05, 0) is 213 Å². The minimum absolute atomic E-state index is 0.903. The molecule has 0 atom stereocenters. The predicted molar refractivity (Wildman–Crippen MR) is 428 cm³/mol. The average molecular weight is 1300 g/mol. The Labute approximate surface area is 588 Å². The van der Waals surface area contributed by atoms with Crippen LogP contribution >= 0.6 is 0 Å². The third-order valence-electron chi connectivity index (χ3n) is 21.5. The summed E-state index contributed by atoms with van der Waals surface area (Å²) in [4.78, 5) is 0. The van der Waals surface area contributed by atoms with Crippen molar-refractivity contribution in [2.45, 2.75) is 6.42 Å². The van der Waals surface area contributed by atoms with Crippen molar-refractivity contribution in [3.05, 3.63) is 375 Å². The Kier molecular flexibility index (Phi) is 13.0. The van der Waals surface area contributed by atoms with E-state index >= 15 is 0 Å². The van der Waals surface area contributed by atoms with Crippen molar-refractivity contribution in [2.75, 3.05) is 0 Å². The van der Waals surface area contributed by atoms with Crippen LogP contribution in [0.1, 0.15) is 11.1 Å². The fourth-order valence-corrected chi connectivity index (χ4v) is 16.8. The van der Waals surface area contributed by atoms with E-state index in [0.29, 0.717) is 0 Å². The van der Waals surface area contributed by atoms with E-state index in [0.717, 1.165) is 45.4 Å². The van der Waals surface area contributed by atoms with Crippen molar-refractivity contribution in [3.8, 4) is 78.4 Å². The summed E-state index contributed by atoms with van der Waals surface area (Å²) in [5.41, 5.74) is 31.4. The molecule has 0 saturated carbocycles. The van der Waals surface area contributed by atoms with E-state index in [9.17, 15) is 0 Å². The Hall–Kier alpha value is -13.5. The van der Waals surface area contributed by atoms with Gasteiger partial charge in [-0.25, -0.2) is 0 Å². The lowest BCUT2D eigenvalue weighted by Gasteiger charge is -2.10. The zero-order valence-electron chi connectivity index (χ0n) is 55.5. The molecule has 0 spiro atoms. The van der Waals surface area contributed by atoms with Gasteiger partial charge in [-0.2, -0.15) is 0 Å². The molecule has 5 nitrogen and oxygen atoms in total. The zero-order chi connectivity index (χ0) is 66.9. The van der Waals surface area contributed by atoms with Crippen molar-refractivity contribution in [2.24, 2.45) is 0 Å². The maximum absolute atomic E-state index is 6.36. The van der Waals surface area contributed by atoms with E-state index in [1.165, 1.54) is 160 Å². The fraction of sp³-hybridized carbons (Fsp3) is 0.0103. The normalized spacial score (nSPS) is 12.1. The molecule has 0 saturated heterocycles. The van der Waals surface area contributed by atoms with Gasteiger partial charge < -0.3 is 22.7 Å². The molecule has 1 aliphatic carbocycles. The Morgan fingerprint density at radius 1 is 0.196 bits per heavy atom. The highest BCUT2D eigenvalue weighted by Crippen LogP contribution is 2.47. The molecule has 0 bridgehead atoms. The van der Waals surface area contributed by atoms with Crippen molar-refractivity contribution in [1.29, 1.82) is 0 Å². The van der Waals surface area contributed by atoms with Crippen LogP contribution in [-0.2, 0) is 6.42 Å². The number of hydrogen-bond donors (Lipinski definition) is 0. The number of benzene rings is 16. The van der Waals surface area contributed by atoms with Gasteiger partial charge >= 0.3 is 0 Å². The van der Waals surface area contributed by atoms with Crippen LogP contribution in [0.4, 0.5) is 0 Å². The van der Waals surface area contributed by atoms with Gasteiger partial charge in [-0.1, -0.05) is 224 Å². The second-order valence-corrected chi connectivity index (χ2v) is 27.1. The molecule has 5 aromatic heterocycles. The number of hydrogen-bond acceptors (Lipinski definition) is 1. The van der Waals surface area contributed by atoms with E-state index in [-0.39, 0.29) is 0 Å². The lowest BCUT2D eigenvalue weighted by molar-refractivity contribution is 0.669. The molecule has 21 aromatic rings. The minimum atomic E-state index is 0.903. The van der Waals surface area contributed by atoms with Crippen LogP contribution in [0.3, 0.4) is 0 Å². The van der Waals surface area contributed by atoms with Crippen LogP contribution in [0.15, 0.2) is 368 Å². The second-order valence-electron chi connectivity index (χ2n) is 27.1. The predicted octanol–water partition coefficient (Wildman–Crippen LogP) is 25.9. The first-order valence-electron chi connectivity index (χ1n) is 35.2. The maximum Gasteiger partial charge on any atom is 0.137 e. The molecule has 5 heterocycles. The summed E-state index contributed by atoms with van der Waals surface area (Å²) in [7, 11) is 0. The molecule has 1 aliphatic rings. The Balaban J connectivity index is 0.000000133. The van der Waals surface area contributed by atoms with Crippen LogP contribution in [0.2, 0.25) is 0 Å². The Bertz CT molecular complexity index is 6910. The summed E-state index contributed by atoms with van der Waals surface area (Å²) < 4.78 is 16.0. The van der Waals surface area contributed by atoms with E-state index in [4.69, 9.17) is 4.42 Å². The highest BCUT2D eigenvalue weighted by molar-refractivity contribution is 6.25. The summed E-state index contributed by atoms with van der Waals surface area (Å²) in [6.07, 6.45) is 0.980. The van der Waals surface area contributed by atoms with Gasteiger partial charge in [-0.3, -0.25) is 0 Å². The fourth-order valence-electron chi connectivity index (χ4n) is 16.8. The van der Waals surface area contributed by atoms with Crippen molar-refractivity contribution >= 4 is 109 Å². The van der Waals surface area contributed by atoms with Gasteiger partial charge in [0.2, 0.25) is 0 Å². The Morgan fingerprint density at radius 3 is 1.11 bits per heavy atom. The van der Waals surface area contributed by atoms with Crippen molar-refractivity contribution in [3.63, 3.8) is 0 Å². The molecule has 0 amide bonds. The van der Waals surface area contributed by atoms with Gasteiger partial charge in [-0.15, -0.1) is 0 Å². The van der Waals surface area contributed by atoms with Crippen LogP contribution in [-0.4, -0.2) is 18.3 Å². The first kappa shape index (κ1) is 57.6. The third-order valence-corrected chi connectivity index (χ3v) is 21.5. The number of rotatable bonds is 8. The number of nitrogens with zero attached hydrogens (tertiary/aromatic N) is 4. The largest absolute Gasteiger partial charge is 0.456 e. The Morgan fingerprint density at radius 2 is 0.569 bits per heavy atom. The van der Waals surface area contributed by atoms with Gasteiger partial charge in [0.15, 0.2) is 0 Å². The molecule has 0 radical (unpaired) electrons. The molecule has 476 valence electrons. The molecular weight excluding hydrogens is 1240 g/mol. The topological polar surface area (TPSA) is 32.9 Å². The molecule has 0 unspecified atom stereocenters. The SMILES string of the molecule is c1ccc(-c2ccc(-n3c4ccccc4c4cc(-c5ccc6c(c5)c5cc7c(cc5n6-c5ccccc5)Cc5ccccc5-7)ccc43)cc2)cc1.c1ccc(-c2ccc(-n3c4ccccc4c4cc(-c5ccc6c(c5)c5ccc7oc8ccccc8c7c5n6-c5ccccc5)ccc43)cc2)cc1. The van der Waals surface area contributed by atoms with Crippen LogP contribution in [0, 0.1) is 0 Å². The van der Waals surface area contributed by atoms with Gasteiger partial charge in [0.1, 0.15) is 11.2 Å². The summed E-state index contributed by atoms with van der Waals surface area (Å²) in [6, 6.07) is 132. The first-order valence-corrected chi connectivity index (χ1v) is 35.2. The quantitative estimate of drug-likeness (QED) is 0.149. The minimum Gasteiger partial charge on any atom is -0.456 e. The lowest BCUT2D eigenvalue weighted by atomic mass is 9.99. The lowest BCUT2D eigenvalue weighted by Crippen LogP contribution is -1.94. The van der Waals surface area contributed by atoms with E-state index in [1.807, 2.05) is 6.07 Å². The highest BCUT2D eigenvalue weighted by atomic mass is 16.3. The first-order chi connectivity index (χ1) is 50.6. The molecule has 5 heteroatoms. The zero-order valence-corrected chi connectivity index (χ0v) is 55.5. The second kappa shape index (κ2) is 23.1. The molecule has 22 rings (SSSR count). The smallest absolute Gasteiger partial charge is 0.137 e. The monoisotopic (exact) mass is 1300 g/mol. The van der Waals surface area contributed by atoms with E-state index in [2.05, 4.69) is 376 Å². The van der Waals surface area contributed by atoms with Crippen LogP contribution < -0.4 is 0 Å². The molecule has 0 aliphatic heterocycles. The van der Waals surface area contributed by atoms with Crippen LogP contribution in [0.5, 0.6) is 0 Å². The number of para-hydroxylation sites is 5.